The summed E-state index contributed by atoms with van der Waals surface area (Å²) >= 11 is 0. The lowest BCUT2D eigenvalue weighted by Crippen LogP contribution is -2.40. The van der Waals surface area contributed by atoms with E-state index in [2.05, 4.69) is 26.0 Å². The van der Waals surface area contributed by atoms with Crippen LogP contribution in [-0.2, 0) is 0 Å². The molecular weight excluding hydrogens is 374 g/mol. The third-order valence-corrected chi connectivity index (χ3v) is 5.94. The maximum Gasteiger partial charge on any atom is 0.261 e. The van der Waals surface area contributed by atoms with E-state index in [9.17, 15) is 9.59 Å². The van der Waals surface area contributed by atoms with E-state index in [1.165, 1.54) is 10.5 Å². The Morgan fingerprint density at radius 3 is 2.40 bits per heavy atom. The van der Waals surface area contributed by atoms with Crippen LogP contribution >= 0.6 is 0 Å². The summed E-state index contributed by atoms with van der Waals surface area (Å²) in [6.07, 6.45) is 1.73. The fraction of sp³-hybridized carbons (Fsp3) is 0.231. The highest BCUT2D eigenvalue weighted by atomic mass is 16.3. The van der Waals surface area contributed by atoms with Crippen molar-refractivity contribution in [1.29, 1.82) is 0 Å². The second-order valence-electron chi connectivity index (χ2n) is 8.12. The number of benzene rings is 3. The van der Waals surface area contributed by atoms with Gasteiger partial charge in [0.25, 0.3) is 11.8 Å². The number of carbonyl (C=O) groups excluding carboxylic acids is 2. The molecular formula is C26H23NO3. The van der Waals surface area contributed by atoms with Gasteiger partial charge in [-0.05, 0) is 61.5 Å². The van der Waals surface area contributed by atoms with Crippen molar-refractivity contribution >= 4 is 33.6 Å². The maximum absolute atomic E-state index is 13.1. The van der Waals surface area contributed by atoms with Gasteiger partial charge >= 0.3 is 0 Å². The van der Waals surface area contributed by atoms with Crippen molar-refractivity contribution in [3.8, 4) is 11.3 Å². The molecule has 2 heterocycles. The first-order valence-corrected chi connectivity index (χ1v) is 10.4. The molecule has 150 valence electrons. The molecule has 1 aliphatic heterocycles. The van der Waals surface area contributed by atoms with E-state index in [0.29, 0.717) is 17.7 Å². The van der Waals surface area contributed by atoms with Gasteiger partial charge in [0.05, 0.1) is 0 Å². The molecule has 1 aliphatic rings. The van der Waals surface area contributed by atoms with E-state index in [1.54, 1.807) is 0 Å². The van der Waals surface area contributed by atoms with E-state index in [0.717, 1.165) is 51.5 Å². The molecule has 0 saturated heterocycles. The molecule has 0 bridgehead atoms. The predicted octanol–water partition coefficient (Wildman–Crippen LogP) is 6.27. The third-order valence-electron chi connectivity index (χ3n) is 5.94. The number of nitrogens with zero attached hydrogens (tertiary/aromatic N) is 1. The van der Waals surface area contributed by atoms with Gasteiger partial charge in [-0.15, -0.1) is 0 Å². The van der Waals surface area contributed by atoms with E-state index >= 15 is 0 Å². The van der Waals surface area contributed by atoms with Crippen LogP contribution in [0.15, 0.2) is 52.9 Å². The van der Waals surface area contributed by atoms with Gasteiger partial charge in [-0.2, -0.15) is 0 Å². The Bertz CT molecular complexity index is 1320. The highest BCUT2D eigenvalue weighted by Crippen LogP contribution is 2.39. The molecule has 4 nitrogen and oxygen atoms in total. The number of fused-ring (bicyclic) bond motifs is 1. The lowest BCUT2D eigenvalue weighted by Gasteiger charge is -2.27. The van der Waals surface area contributed by atoms with E-state index in [-0.39, 0.29) is 11.8 Å². The molecule has 0 fully saturated rings. The molecule has 0 saturated carbocycles. The van der Waals surface area contributed by atoms with E-state index in [1.807, 2.05) is 43.3 Å². The Kier molecular flexibility index (Phi) is 4.24. The third kappa shape index (κ3) is 2.67. The molecule has 2 amide bonds. The van der Waals surface area contributed by atoms with Crippen molar-refractivity contribution in [3.63, 3.8) is 0 Å². The smallest absolute Gasteiger partial charge is 0.261 e. The van der Waals surface area contributed by atoms with Crippen LogP contribution in [0.25, 0.3) is 33.1 Å². The Morgan fingerprint density at radius 2 is 1.63 bits per heavy atom. The molecule has 0 unspecified atom stereocenters. The molecule has 30 heavy (non-hydrogen) atoms. The van der Waals surface area contributed by atoms with Crippen LogP contribution in [0.4, 0.5) is 0 Å². The summed E-state index contributed by atoms with van der Waals surface area (Å²) in [5.41, 5.74) is 5.22. The van der Waals surface area contributed by atoms with Gasteiger partial charge in [0, 0.05) is 34.0 Å². The van der Waals surface area contributed by atoms with Gasteiger partial charge in [-0.1, -0.05) is 37.1 Å². The number of imide groups is 1. The largest absolute Gasteiger partial charge is 0.456 e. The molecule has 4 heteroatoms. The van der Waals surface area contributed by atoms with Crippen molar-refractivity contribution in [2.24, 2.45) is 0 Å². The number of hydrogen-bond donors (Lipinski definition) is 0. The Labute approximate surface area is 175 Å². The molecule has 5 rings (SSSR count). The number of aryl methyl sites for hydroxylation is 2. The minimum Gasteiger partial charge on any atom is -0.456 e. The quantitative estimate of drug-likeness (QED) is 0.382. The Hall–Kier alpha value is -3.40. The van der Waals surface area contributed by atoms with Gasteiger partial charge in [-0.25, -0.2) is 0 Å². The molecule has 0 atom stereocenters. The van der Waals surface area contributed by atoms with Crippen LogP contribution in [-0.4, -0.2) is 23.3 Å². The zero-order valence-corrected chi connectivity index (χ0v) is 17.4. The fourth-order valence-corrected chi connectivity index (χ4v) is 4.53. The SMILES string of the molecule is CCCCN1C(=O)c2cccc3c(-c4cc5cc(C)cc(C)c5o4)ccc(c23)C1=O. The average molecular weight is 397 g/mol. The molecule has 0 aliphatic carbocycles. The maximum atomic E-state index is 13.1. The highest BCUT2D eigenvalue weighted by molar-refractivity contribution is 6.26. The van der Waals surface area contributed by atoms with Crippen LogP contribution in [0, 0.1) is 13.8 Å². The van der Waals surface area contributed by atoms with Crippen molar-refractivity contribution in [2.75, 3.05) is 6.54 Å². The normalized spacial score (nSPS) is 13.6. The van der Waals surface area contributed by atoms with Crippen LogP contribution in [0.2, 0.25) is 0 Å². The van der Waals surface area contributed by atoms with Gasteiger partial charge in [-0.3, -0.25) is 14.5 Å². The van der Waals surface area contributed by atoms with Gasteiger partial charge < -0.3 is 4.42 Å². The average Bonchev–Trinajstić information content (AvgIpc) is 3.15. The highest BCUT2D eigenvalue weighted by Gasteiger charge is 2.33. The molecule has 3 aromatic carbocycles. The molecule has 4 aromatic rings. The summed E-state index contributed by atoms with van der Waals surface area (Å²) in [5.74, 6) is 0.329. The van der Waals surface area contributed by atoms with Crippen molar-refractivity contribution in [3.05, 3.63) is 70.8 Å². The summed E-state index contributed by atoms with van der Waals surface area (Å²) in [4.78, 5) is 27.5. The minimum atomic E-state index is -0.209. The topological polar surface area (TPSA) is 50.5 Å². The number of amides is 2. The van der Waals surface area contributed by atoms with Gasteiger partial charge in [0.1, 0.15) is 11.3 Å². The Balaban J connectivity index is 1.72. The standard InChI is InChI=1S/C26H23NO3/c1-4-5-11-27-25(28)20-8-6-7-19-18(9-10-21(23(19)20)26(27)29)22-14-17-13-15(2)12-16(3)24(17)30-22/h6-10,12-14H,4-5,11H2,1-3H3. The summed E-state index contributed by atoms with van der Waals surface area (Å²) < 4.78 is 6.23. The number of unbranched alkanes of at least 4 members (excludes halogenated alkanes) is 1. The van der Waals surface area contributed by atoms with Crippen molar-refractivity contribution in [1.82, 2.24) is 4.90 Å². The molecule has 0 N–H and O–H groups in total. The summed E-state index contributed by atoms with van der Waals surface area (Å²) in [6, 6.07) is 15.7. The fourth-order valence-electron chi connectivity index (χ4n) is 4.53. The first-order chi connectivity index (χ1) is 14.5. The van der Waals surface area contributed by atoms with Crippen molar-refractivity contribution in [2.45, 2.75) is 33.6 Å². The zero-order chi connectivity index (χ0) is 21.0. The molecule has 0 radical (unpaired) electrons. The molecule has 0 spiro atoms. The van der Waals surface area contributed by atoms with Crippen LogP contribution in [0.3, 0.4) is 0 Å². The van der Waals surface area contributed by atoms with Crippen LogP contribution in [0.5, 0.6) is 0 Å². The lowest BCUT2D eigenvalue weighted by molar-refractivity contribution is 0.0608. The first kappa shape index (κ1) is 18.6. The van der Waals surface area contributed by atoms with Crippen LogP contribution < -0.4 is 0 Å². The van der Waals surface area contributed by atoms with E-state index in [4.69, 9.17) is 4.42 Å². The van der Waals surface area contributed by atoms with Gasteiger partial charge in [0.2, 0.25) is 0 Å². The second kappa shape index (κ2) is 6.84. The monoisotopic (exact) mass is 397 g/mol. The predicted molar refractivity (Wildman–Crippen MR) is 119 cm³/mol. The first-order valence-electron chi connectivity index (χ1n) is 10.4. The Morgan fingerprint density at radius 1 is 0.900 bits per heavy atom. The zero-order valence-electron chi connectivity index (χ0n) is 17.4. The second-order valence-corrected chi connectivity index (χ2v) is 8.12. The van der Waals surface area contributed by atoms with Crippen molar-refractivity contribution < 1.29 is 14.0 Å². The number of carbonyl (C=O) groups is 2. The number of hydrogen-bond acceptors (Lipinski definition) is 3. The van der Waals surface area contributed by atoms with Crippen LogP contribution in [0.1, 0.15) is 51.6 Å². The van der Waals surface area contributed by atoms with Gasteiger partial charge in [0.15, 0.2) is 0 Å². The lowest BCUT2D eigenvalue weighted by atomic mass is 9.90. The summed E-state index contributed by atoms with van der Waals surface area (Å²) in [6.45, 7) is 6.62. The summed E-state index contributed by atoms with van der Waals surface area (Å²) in [7, 11) is 0. The number of furan rings is 1. The van der Waals surface area contributed by atoms with E-state index < -0.39 is 0 Å². The molecule has 1 aromatic heterocycles. The summed E-state index contributed by atoms with van der Waals surface area (Å²) in [5, 5.41) is 2.65. The number of rotatable bonds is 4. The minimum absolute atomic E-state index is 0.209.